The van der Waals surface area contributed by atoms with Gasteiger partial charge >= 0.3 is 6.09 Å². The summed E-state index contributed by atoms with van der Waals surface area (Å²) in [6.07, 6.45) is -0.335. The lowest BCUT2D eigenvalue weighted by Crippen LogP contribution is -2.49. The molecular weight excluding hydrogens is 278 g/mol. The second-order valence-corrected chi connectivity index (χ2v) is 13.4. The summed E-state index contributed by atoms with van der Waals surface area (Å²) in [7, 11) is -1.51. The van der Waals surface area contributed by atoms with Crippen molar-refractivity contribution in [2.75, 3.05) is 0 Å². The van der Waals surface area contributed by atoms with Crippen LogP contribution in [0.5, 0.6) is 0 Å². The van der Waals surface area contributed by atoms with Crippen LogP contribution in [-0.2, 0) is 4.74 Å². The van der Waals surface area contributed by atoms with E-state index < -0.39 is 13.7 Å². The molecular formula is C17H27NO2Si. The molecule has 3 nitrogen and oxygen atoms in total. The molecule has 2 rings (SSSR count). The van der Waals surface area contributed by atoms with E-state index in [0.29, 0.717) is 5.04 Å². The summed E-state index contributed by atoms with van der Waals surface area (Å²) in [6, 6.07) is 8.65. The second kappa shape index (κ2) is 4.87. The normalized spacial score (nSPS) is 21.9. The number of alkyl carbamates (subject to hydrolysis) is 1. The van der Waals surface area contributed by atoms with E-state index in [1.807, 2.05) is 13.8 Å². The monoisotopic (exact) mass is 305 g/mol. The highest BCUT2D eigenvalue weighted by atomic mass is 28.3. The molecule has 1 aliphatic rings. The van der Waals surface area contributed by atoms with E-state index in [-0.39, 0.29) is 12.1 Å². The number of hydrogen-bond acceptors (Lipinski definition) is 2. The molecule has 0 bridgehead atoms. The Balaban J connectivity index is 2.30. The summed E-state index contributed by atoms with van der Waals surface area (Å²) in [5.41, 5.74) is 0.601. The largest absolute Gasteiger partial charge is 0.441 e. The second-order valence-electron chi connectivity index (χ2n) is 8.07. The Labute approximate surface area is 129 Å². The van der Waals surface area contributed by atoms with Crippen molar-refractivity contribution in [3.8, 4) is 0 Å². The summed E-state index contributed by atoms with van der Waals surface area (Å²) in [6.45, 7) is 15.7. The molecule has 1 aromatic rings. The van der Waals surface area contributed by atoms with E-state index >= 15 is 0 Å². The van der Waals surface area contributed by atoms with Crippen molar-refractivity contribution in [3.05, 3.63) is 29.8 Å². The molecule has 0 saturated carbocycles. The summed E-state index contributed by atoms with van der Waals surface area (Å²) >= 11 is 0. The number of carbonyl (C=O) groups is 1. The van der Waals surface area contributed by atoms with Crippen LogP contribution in [0.3, 0.4) is 0 Å². The summed E-state index contributed by atoms with van der Waals surface area (Å²) in [4.78, 5) is 11.5. The zero-order chi connectivity index (χ0) is 16.1. The van der Waals surface area contributed by atoms with Gasteiger partial charge in [-0.25, -0.2) is 4.79 Å². The van der Waals surface area contributed by atoms with Gasteiger partial charge < -0.3 is 10.1 Å². The van der Waals surface area contributed by atoms with Crippen molar-refractivity contribution < 1.29 is 9.53 Å². The summed E-state index contributed by atoms with van der Waals surface area (Å²) in [5, 5.41) is 4.66. The SMILES string of the molecule is CC1(C)OC(=O)N[C@H]1c1ccc([Si](C)(C)C(C)(C)C)cc1. The van der Waals surface area contributed by atoms with Crippen molar-refractivity contribution >= 4 is 19.4 Å². The maximum absolute atomic E-state index is 11.5. The van der Waals surface area contributed by atoms with Crippen molar-refractivity contribution in [2.45, 2.75) is 64.4 Å². The lowest BCUT2D eigenvalue weighted by molar-refractivity contribution is 0.0684. The van der Waals surface area contributed by atoms with Gasteiger partial charge in [-0.3, -0.25) is 0 Å². The summed E-state index contributed by atoms with van der Waals surface area (Å²) < 4.78 is 5.33. The molecule has 116 valence electrons. The highest BCUT2D eigenvalue weighted by molar-refractivity contribution is 6.92. The predicted octanol–water partition coefficient (Wildman–Crippen LogP) is 3.96. The molecule has 4 heteroatoms. The molecule has 1 aliphatic heterocycles. The van der Waals surface area contributed by atoms with Gasteiger partial charge in [0.1, 0.15) is 5.60 Å². The zero-order valence-electron chi connectivity index (χ0n) is 14.2. The Morgan fingerprint density at radius 3 is 2.05 bits per heavy atom. The first-order valence-electron chi connectivity index (χ1n) is 7.55. The highest BCUT2D eigenvalue weighted by Gasteiger charge is 2.42. The molecule has 1 fully saturated rings. The van der Waals surface area contributed by atoms with Crippen LogP contribution in [0.25, 0.3) is 0 Å². The number of cyclic esters (lactones) is 1. The fraction of sp³-hybridized carbons (Fsp3) is 0.588. The van der Waals surface area contributed by atoms with Gasteiger partial charge in [-0.15, -0.1) is 0 Å². The first kappa shape index (κ1) is 16.1. The lowest BCUT2D eigenvalue weighted by Gasteiger charge is -2.37. The van der Waals surface area contributed by atoms with Crippen LogP contribution in [0.4, 0.5) is 4.79 Å². The van der Waals surface area contributed by atoms with Crippen LogP contribution in [-0.4, -0.2) is 19.8 Å². The number of hydrogen-bond donors (Lipinski definition) is 1. The van der Waals surface area contributed by atoms with Crippen molar-refractivity contribution in [3.63, 3.8) is 0 Å². The number of benzene rings is 1. The fourth-order valence-electron chi connectivity index (χ4n) is 2.63. The molecule has 1 heterocycles. The van der Waals surface area contributed by atoms with Crippen molar-refractivity contribution in [1.82, 2.24) is 5.32 Å². The molecule has 0 aliphatic carbocycles. The molecule has 1 saturated heterocycles. The Bertz CT molecular complexity index is 541. The molecule has 1 aromatic carbocycles. The fourth-order valence-corrected chi connectivity index (χ4v) is 4.49. The topological polar surface area (TPSA) is 38.3 Å². The van der Waals surface area contributed by atoms with Gasteiger partial charge in [0.05, 0.1) is 14.1 Å². The van der Waals surface area contributed by atoms with Crippen LogP contribution in [0.1, 0.15) is 46.2 Å². The van der Waals surface area contributed by atoms with Crippen molar-refractivity contribution in [1.29, 1.82) is 0 Å². The number of rotatable bonds is 2. The quantitative estimate of drug-likeness (QED) is 0.840. The molecule has 1 N–H and O–H groups in total. The molecule has 21 heavy (non-hydrogen) atoms. The predicted molar refractivity (Wildman–Crippen MR) is 89.7 cm³/mol. The third-order valence-corrected chi connectivity index (χ3v) is 10.7. The number of amides is 1. The zero-order valence-corrected chi connectivity index (χ0v) is 15.2. The highest BCUT2D eigenvalue weighted by Crippen LogP contribution is 2.37. The Kier molecular flexibility index (Phi) is 3.73. The van der Waals surface area contributed by atoms with E-state index in [1.165, 1.54) is 5.19 Å². The molecule has 0 unspecified atom stereocenters. The van der Waals surface area contributed by atoms with Gasteiger partial charge in [0.25, 0.3) is 0 Å². The summed E-state index contributed by atoms with van der Waals surface area (Å²) in [5.74, 6) is 0. The smallest absolute Gasteiger partial charge is 0.408 e. The molecule has 1 amide bonds. The minimum atomic E-state index is -1.51. The molecule has 0 aromatic heterocycles. The van der Waals surface area contributed by atoms with Gasteiger partial charge in [0.15, 0.2) is 0 Å². The van der Waals surface area contributed by atoms with Crippen LogP contribution in [0.2, 0.25) is 18.1 Å². The number of nitrogens with one attached hydrogen (secondary N) is 1. The van der Waals surface area contributed by atoms with Gasteiger partial charge in [-0.1, -0.05) is 63.3 Å². The average Bonchev–Trinajstić information content (AvgIpc) is 2.61. The van der Waals surface area contributed by atoms with Crippen LogP contribution in [0.15, 0.2) is 24.3 Å². The Morgan fingerprint density at radius 1 is 1.14 bits per heavy atom. The van der Waals surface area contributed by atoms with Crippen molar-refractivity contribution in [2.24, 2.45) is 0 Å². The van der Waals surface area contributed by atoms with Crippen LogP contribution < -0.4 is 10.5 Å². The molecule has 0 spiro atoms. The third kappa shape index (κ3) is 2.86. The lowest BCUT2D eigenvalue weighted by atomic mass is 9.93. The van der Waals surface area contributed by atoms with E-state index in [2.05, 4.69) is 63.4 Å². The minimum Gasteiger partial charge on any atom is -0.441 e. The number of ether oxygens (including phenoxy) is 1. The van der Waals surface area contributed by atoms with Crippen LogP contribution >= 0.6 is 0 Å². The first-order valence-corrected chi connectivity index (χ1v) is 10.5. The van der Waals surface area contributed by atoms with Gasteiger partial charge in [0.2, 0.25) is 0 Å². The maximum Gasteiger partial charge on any atom is 0.408 e. The average molecular weight is 305 g/mol. The standard InChI is InChI=1S/C17H27NO2Si/c1-16(2,3)21(6,7)13-10-8-12(9-11-13)14-17(4,5)20-15(19)18-14/h8-11,14H,1-7H3,(H,18,19)/t14-/m0/s1. The van der Waals surface area contributed by atoms with E-state index in [9.17, 15) is 4.79 Å². The third-order valence-electron chi connectivity index (χ3n) is 5.15. The van der Waals surface area contributed by atoms with E-state index in [0.717, 1.165) is 5.56 Å². The van der Waals surface area contributed by atoms with Crippen LogP contribution in [0, 0.1) is 0 Å². The molecule has 1 atom stereocenters. The Hall–Kier alpha value is -1.29. The van der Waals surface area contributed by atoms with E-state index in [4.69, 9.17) is 4.74 Å². The van der Waals surface area contributed by atoms with Gasteiger partial charge in [-0.05, 0) is 24.4 Å². The van der Waals surface area contributed by atoms with Gasteiger partial charge in [0, 0.05) is 0 Å². The maximum atomic E-state index is 11.5. The first-order chi connectivity index (χ1) is 9.45. The molecule has 0 radical (unpaired) electrons. The minimum absolute atomic E-state index is 0.0848. The Morgan fingerprint density at radius 2 is 1.67 bits per heavy atom. The number of carbonyl (C=O) groups excluding carboxylic acids is 1. The van der Waals surface area contributed by atoms with Gasteiger partial charge in [-0.2, -0.15) is 0 Å². The van der Waals surface area contributed by atoms with E-state index in [1.54, 1.807) is 0 Å².